The first-order valence-electron chi connectivity index (χ1n) is 8.80. The number of benzene rings is 2. The minimum atomic E-state index is -3.61. The normalized spacial score (nSPS) is 15.5. The number of rotatable bonds is 5. The maximum absolute atomic E-state index is 12.7. The first-order valence-corrected chi connectivity index (χ1v) is 11.4. The number of carbonyl (C=O) groups excluding carboxylic acids is 1. The van der Waals surface area contributed by atoms with Gasteiger partial charge in [0, 0.05) is 24.2 Å². The number of amides is 1. The largest absolute Gasteiger partial charge is 0.271 e. The molecule has 0 atom stereocenters. The summed E-state index contributed by atoms with van der Waals surface area (Å²) in [6.07, 6.45) is 1.68. The van der Waals surface area contributed by atoms with E-state index >= 15 is 0 Å². The van der Waals surface area contributed by atoms with Gasteiger partial charge < -0.3 is 0 Å². The molecule has 1 aliphatic rings. The molecule has 1 N–H and O–H groups in total. The van der Waals surface area contributed by atoms with Gasteiger partial charge in [0.05, 0.1) is 25.7 Å². The summed E-state index contributed by atoms with van der Waals surface area (Å²) in [5, 5.41) is 4.79. The van der Waals surface area contributed by atoms with E-state index in [4.69, 9.17) is 34.8 Å². The molecule has 0 aromatic heterocycles. The Bertz CT molecular complexity index is 1080. The van der Waals surface area contributed by atoms with E-state index < -0.39 is 15.9 Å². The second kappa shape index (κ2) is 9.02. The monoisotopic (exact) mass is 473 g/mol. The zero-order valence-corrected chi connectivity index (χ0v) is 18.5. The van der Waals surface area contributed by atoms with Crippen LogP contribution in [0.5, 0.6) is 0 Å². The second-order valence-electron chi connectivity index (χ2n) is 6.50. The van der Waals surface area contributed by atoms with Gasteiger partial charge in [-0.1, -0.05) is 46.9 Å². The Hall–Kier alpha value is -1.64. The number of hydrogen-bond donors (Lipinski definition) is 1. The fourth-order valence-electron chi connectivity index (χ4n) is 2.94. The zero-order valence-electron chi connectivity index (χ0n) is 15.5. The topological polar surface area (TPSA) is 78.8 Å². The SMILES string of the molecule is CC(=NNC(=O)c1cccc(S(=O)(=O)N2CCCC2)c1)c1ccc(Cl)c(Cl)c1Cl. The number of halogens is 3. The van der Waals surface area contributed by atoms with E-state index in [0.717, 1.165) is 12.8 Å². The molecule has 1 saturated heterocycles. The third kappa shape index (κ3) is 4.75. The van der Waals surface area contributed by atoms with E-state index in [1.54, 1.807) is 19.1 Å². The van der Waals surface area contributed by atoms with Crippen LogP contribution in [-0.4, -0.2) is 37.4 Å². The maximum atomic E-state index is 12.7. The van der Waals surface area contributed by atoms with Gasteiger partial charge in [0.15, 0.2) is 0 Å². The van der Waals surface area contributed by atoms with Crippen molar-refractivity contribution in [3.63, 3.8) is 0 Å². The van der Waals surface area contributed by atoms with Crippen molar-refractivity contribution in [3.8, 4) is 0 Å². The van der Waals surface area contributed by atoms with Crippen molar-refractivity contribution in [1.29, 1.82) is 0 Å². The fraction of sp³-hybridized carbons (Fsp3) is 0.263. The van der Waals surface area contributed by atoms with E-state index in [1.807, 2.05) is 0 Å². The predicted molar refractivity (Wildman–Crippen MR) is 116 cm³/mol. The molecule has 29 heavy (non-hydrogen) atoms. The minimum absolute atomic E-state index is 0.0836. The summed E-state index contributed by atoms with van der Waals surface area (Å²) in [4.78, 5) is 12.6. The van der Waals surface area contributed by atoms with E-state index in [1.165, 1.54) is 28.6 Å². The molecule has 0 unspecified atom stereocenters. The lowest BCUT2D eigenvalue weighted by Gasteiger charge is -2.15. The molecule has 10 heteroatoms. The molecule has 1 heterocycles. The lowest BCUT2D eigenvalue weighted by molar-refractivity contribution is 0.0954. The molecule has 0 aliphatic carbocycles. The summed E-state index contributed by atoms with van der Waals surface area (Å²) in [5.74, 6) is -0.543. The van der Waals surface area contributed by atoms with Crippen molar-refractivity contribution in [2.24, 2.45) is 5.10 Å². The summed E-state index contributed by atoms with van der Waals surface area (Å²) < 4.78 is 26.8. The molecule has 3 rings (SSSR count). The van der Waals surface area contributed by atoms with Gasteiger partial charge in [-0.15, -0.1) is 0 Å². The first-order chi connectivity index (χ1) is 13.7. The molecule has 0 spiro atoms. The molecular formula is C19H18Cl3N3O3S. The average Bonchev–Trinajstić information content (AvgIpc) is 3.26. The van der Waals surface area contributed by atoms with Crippen LogP contribution in [-0.2, 0) is 10.0 Å². The number of nitrogens with zero attached hydrogens (tertiary/aromatic N) is 2. The van der Waals surface area contributed by atoms with E-state index in [0.29, 0.717) is 29.4 Å². The van der Waals surface area contributed by atoms with Crippen molar-refractivity contribution in [1.82, 2.24) is 9.73 Å². The highest BCUT2D eigenvalue weighted by Crippen LogP contribution is 2.32. The van der Waals surface area contributed by atoms with Gasteiger partial charge in [0.2, 0.25) is 10.0 Å². The van der Waals surface area contributed by atoms with Crippen LogP contribution in [0.3, 0.4) is 0 Å². The van der Waals surface area contributed by atoms with Crippen LogP contribution in [0.15, 0.2) is 46.4 Å². The van der Waals surface area contributed by atoms with Crippen LogP contribution >= 0.6 is 34.8 Å². The molecule has 1 aliphatic heterocycles. The van der Waals surface area contributed by atoms with Crippen LogP contribution in [0.4, 0.5) is 0 Å². The predicted octanol–water partition coefficient (Wildman–Crippen LogP) is 4.59. The Balaban J connectivity index is 1.79. The van der Waals surface area contributed by atoms with Gasteiger partial charge in [-0.25, -0.2) is 13.8 Å². The Morgan fingerprint density at radius 1 is 1.07 bits per heavy atom. The van der Waals surface area contributed by atoms with Crippen molar-refractivity contribution in [2.45, 2.75) is 24.7 Å². The van der Waals surface area contributed by atoms with Gasteiger partial charge in [-0.3, -0.25) is 4.79 Å². The molecule has 0 bridgehead atoms. The third-order valence-corrected chi connectivity index (χ3v) is 7.74. The van der Waals surface area contributed by atoms with E-state index in [-0.39, 0.29) is 20.5 Å². The van der Waals surface area contributed by atoms with Gasteiger partial charge in [0.1, 0.15) is 0 Å². The minimum Gasteiger partial charge on any atom is -0.267 e. The molecule has 1 fully saturated rings. The van der Waals surface area contributed by atoms with Gasteiger partial charge >= 0.3 is 0 Å². The smallest absolute Gasteiger partial charge is 0.267 e. The first kappa shape index (κ1) is 22.1. The van der Waals surface area contributed by atoms with E-state index in [2.05, 4.69) is 10.5 Å². The van der Waals surface area contributed by atoms with Crippen LogP contribution in [0.2, 0.25) is 15.1 Å². The number of carbonyl (C=O) groups is 1. The molecule has 2 aromatic carbocycles. The average molecular weight is 475 g/mol. The zero-order chi connectivity index (χ0) is 21.2. The Labute approximate surface area is 184 Å². The summed E-state index contributed by atoms with van der Waals surface area (Å²) in [5.41, 5.74) is 3.53. The van der Waals surface area contributed by atoms with Crippen molar-refractivity contribution in [2.75, 3.05) is 13.1 Å². The number of sulfonamides is 1. The number of hydrogen-bond acceptors (Lipinski definition) is 4. The molecule has 6 nitrogen and oxygen atoms in total. The number of hydrazone groups is 1. The van der Waals surface area contributed by atoms with Crippen LogP contribution < -0.4 is 5.43 Å². The second-order valence-corrected chi connectivity index (χ2v) is 9.60. The number of nitrogens with one attached hydrogen (secondary N) is 1. The Morgan fingerprint density at radius 3 is 2.45 bits per heavy atom. The van der Waals surface area contributed by atoms with E-state index in [9.17, 15) is 13.2 Å². The van der Waals surface area contributed by atoms with Crippen molar-refractivity contribution < 1.29 is 13.2 Å². The van der Waals surface area contributed by atoms with Crippen molar-refractivity contribution >= 4 is 56.4 Å². The van der Waals surface area contributed by atoms with Crippen molar-refractivity contribution in [3.05, 3.63) is 62.6 Å². The highest BCUT2D eigenvalue weighted by atomic mass is 35.5. The lowest BCUT2D eigenvalue weighted by Crippen LogP contribution is -2.28. The molecular weight excluding hydrogens is 457 g/mol. The molecule has 1 amide bonds. The summed E-state index contributed by atoms with van der Waals surface area (Å²) >= 11 is 18.1. The van der Waals surface area contributed by atoms with Gasteiger partial charge in [-0.2, -0.15) is 9.41 Å². The van der Waals surface area contributed by atoms with Gasteiger partial charge in [0.25, 0.3) is 5.91 Å². The third-order valence-electron chi connectivity index (χ3n) is 4.55. The standard InChI is InChI=1S/C19H18Cl3N3O3S/c1-12(15-7-8-16(20)18(22)17(15)21)23-24-19(26)13-5-4-6-14(11-13)29(27,28)25-9-2-3-10-25/h4-8,11H,2-3,9-10H2,1H3,(H,24,26). The fourth-order valence-corrected chi connectivity index (χ4v) is 5.18. The molecule has 2 aromatic rings. The lowest BCUT2D eigenvalue weighted by atomic mass is 10.1. The van der Waals surface area contributed by atoms with Crippen LogP contribution in [0.25, 0.3) is 0 Å². The molecule has 0 saturated carbocycles. The molecule has 154 valence electrons. The van der Waals surface area contributed by atoms with Gasteiger partial charge in [-0.05, 0) is 44.0 Å². The summed E-state index contributed by atoms with van der Waals surface area (Å²) in [6, 6.07) is 9.11. The van der Waals surface area contributed by atoms with Crippen LogP contribution in [0.1, 0.15) is 35.7 Å². The Kier molecular flexibility index (Phi) is 6.86. The Morgan fingerprint density at radius 2 is 1.76 bits per heavy atom. The van der Waals surface area contributed by atoms with Crippen LogP contribution in [0, 0.1) is 0 Å². The molecule has 0 radical (unpaired) electrons. The summed E-state index contributed by atoms with van der Waals surface area (Å²) in [7, 11) is -3.61. The highest BCUT2D eigenvalue weighted by Gasteiger charge is 2.27. The quantitative estimate of drug-likeness (QED) is 0.391. The summed E-state index contributed by atoms with van der Waals surface area (Å²) in [6.45, 7) is 2.64. The maximum Gasteiger partial charge on any atom is 0.271 e. The highest BCUT2D eigenvalue weighted by molar-refractivity contribution is 7.89.